The maximum Gasteiger partial charge on any atom is 0.345 e. The number of imidazole rings is 1. The molecule has 94 valence electrons. The van der Waals surface area contributed by atoms with Crippen LogP contribution < -0.4 is 0 Å². The fourth-order valence-corrected chi connectivity index (χ4v) is 1.65. The first-order valence-electron chi connectivity index (χ1n) is 5.23. The number of aromatic hydroxyl groups is 2. The molecule has 1 aromatic carbocycles. The molecule has 0 aliphatic carbocycles. The SMILES string of the molecule is COC(=O)c1c(O)ccc(Cc2c[nH]cn2)c1O. The molecule has 0 saturated heterocycles. The van der Waals surface area contributed by atoms with E-state index in [1.165, 1.54) is 25.6 Å². The average Bonchev–Trinajstić information content (AvgIpc) is 2.85. The van der Waals surface area contributed by atoms with E-state index in [-0.39, 0.29) is 17.1 Å². The molecule has 0 unspecified atom stereocenters. The minimum Gasteiger partial charge on any atom is -0.507 e. The van der Waals surface area contributed by atoms with Crippen LogP contribution in [0.2, 0.25) is 0 Å². The number of H-pyrrole nitrogens is 1. The van der Waals surface area contributed by atoms with E-state index in [0.29, 0.717) is 17.7 Å². The number of esters is 1. The number of phenolic OH excluding ortho intramolecular Hbond substituents is 2. The third-order valence-corrected chi connectivity index (χ3v) is 2.56. The van der Waals surface area contributed by atoms with Crippen LogP contribution in [0.3, 0.4) is 0 Å². The lowest BCUT2D eigenvalue weighted by Crippen LogP contribution is -2.04. The van der Waals surface area contributed by atoms with Gasteiger partial charge in [-0.15, -0.1) is 0 Å². The van der Waals surface area contributed by atoms with Gasteiger partial charge < -0.3 is 19.9 Å². The van der Waals surface area contributed by atoms with Gasteiger partial charge in [0.25, 0.3) is 0 Å². The van der Waals surface area contributed by atoms with E-state index in [9.17, 15) is 15.0 Å². The Morgan fingerprint density at radius 1 is 1.44 bits per heavy atom. The van der Waals surface area contributed by atoms with Gasteiger partial charge in [0.2, 0.25) is 0 Å². The van der Waals surface area contributed by atoms with Gasteiger partial charge >= 0.3 is 5.97 Å². The van der Waals surface area contributed by atoms with Crippen molar-refractivity contribution in [1.29, 1.82) is 0 Å². The van der Waals surface area contributed by atoms with Crippen molar-refractivity contribution < 1.29 is 19.7 Å². The maximum absolute atomic E-state index is 11.4. The van der Waals surface area contributed by atoms with Crippen molar-refractivity contribution in [3.8, 4) is 11.5 Å². The molecule has 0 spiro atoms. The first-order chi connectivity index (χ1) is 8.63. The van der Waals surface area contributed by atoms with Crippen molar-refractivity contribution in [1.82, 2.24) is 9.97 Å². The molecule has 0 aliphatic heterocycles. The van der Waals surface area contributed by atoms with Gasteiger partial charge in [-0.2, -0.15) is 0 Å². The molecule has 0 radical (unpaired) electrons. The Hall–Kier alpha value is -2.50. The second-order valence-corrected chi connectivity index (χ2v) is 3.70. The van der Waals surface area contributed by atoms with Crippen molar-refractivity contribution in [2.45, 2.75) is 6.42 Å². The Balaban J connectivity index is 2.41. The molecule has 0 atom stereocenters. The van der Waals surface area contributed by atoms with Gasteiger partial charge in [0.1, 0.15) is 17.1 Å². The number of phenols is 2. The molecule has 1 heterocycles. The molecular formula is C12H12N2O4. The van der Waals surface area contributed by atoms with Crippen LogP contribution in [-0.4, -0.2) is 33.3 Å². The van der Waals surface area contributed by atoms with E-state index in [2.05, 4.69) is 14.7 Å². The Kier molecular flexibility index (Phi) is 3.18. The molecular weight excluding hydrogens is 236 g/mol. The fraction of sp³-hybridized carbons (Fsp3) is 0.167. The quantitative estimate of drug-likeness (QED) is 0.709. The Bertz CT molecular complexity index is 564. The first-order valence-corrected chi connectivity index (χ1v) is 5.23. The summed E-state index contributed by atoms with van der Waals surface area (Å²) in [4.78, 5) is 18.3. The molecule has 18 heavy (non-hydrogen) atoms. The van der Waals surface area contributed by atoms with Gasteiger partial charge in [-0.05, 0) is 6.07 Å². The summed E-state index contributed by atoms with van der Waals surface area (Å²) in [6.07, 6.45) is 3.55. The number of nitrogens with one attached hydrogen (secondary N) is 1. The predicted octanol–water partition coefficient (Wildman–Crippen LogP) is 1.20. The van der Waals surface area contributed by atoms with Crippen molar-refractivity contribution in [3.05, 3.63) is 41.5 Å². The molecule has 0 aliphatic rings. The maximum atomic E-state index is 11.4. The summed E-state index contributed by atoms with van der Waals surface area (Å²) < 4.78 is 4.51. The number of aromatic nitrogens is 2. The smallest absolute Gasteiger partial charge is 0.345 e. The van der Waals surface area contributed by atoms with E-state index in [1.54, 1.807) is 6.20 Å². The standard InChI is InChI=1S/C12H12N2O4/c1-18-12(17)10-9(15)3-2-7(11(10)16)4-8-5-13-6-14-8/h2-3,5-6,15-16H,4H2,1H3,(H,13,14). The number of nitrogens with zero attached hydrogens (tertiary/aromatic N) is 1. The number of aromatic amines is 1. The molecule has 0 amide bonds. The molecule has 0 saturated carbocycles. The fourth-order valence-electron chi connectivity index (χ4n) is 1.65. The summed E-state index contributed by atoms with van der Waals surface area (Å²) in [5.74, 6) is -1.39. The van der Waals surface area contributed by atoms with E-state index >= 15 is 0 Å². The van der Waals surface area contributed by atoms with Gasteiger partial charge in [0.05, 0.1) is 19.1 Å². The highest BCUT2D eigenvalue weighted by molar-refractivity contribution is 5.95. The summed E-state index contributed by atoms with van der Waals surface area (Å²) >= 11 is 0. The lowest BCUT2D eigenvalue weighted by Gasteiger charge is -2.09. The lowest BCUT2D eigenvalue weighted by atomic mass is 10.0. The van der Waals surface area contributed by atoms with Crippen LogP contribution in [0.4, 0.5) is 0 Å². The Morgan fingerprint density at radius 2 is 2.22 bits per heavy atom. The second-order valence-electron chi connectivity index (χ2n) is 3.70. The second kappa shape index (κ2) is 4.79. The van der Waals surface area contributed by atoms with Crippen LogP contribution in [0.5, 0.6) is 11.5 Å². The van der Waals surface area contributed by atoms with Crippen molar-refractivity contribution >= 4 is 5.97 Å². The van der Waals surface area contributed by atoms with Crippen LogP contribution in [0, 0.1) is 0 Å². The average molecular weight is 248 g/mol. The third kappa shape index (κ3) is 2.13. The van der Waals surface area contributed by atoms with E-state index in [0.717, 1.165) is 0 Å². The van der Waals surface area contributed by atoms with Crippen molar-refractivity contribution in [2.24, 2.45) is 0 Å². The molecule has 6 heteroatoms. The van der Waals surface area contributed by atoms with Crippen molar-refractivity contribution in [3.63, 3.8) is 0 Å². The summed E-state index contributed by atoms with van der Waals surface area (Å²) in [5, 5.41) is 19.5. The van der Waals surface area contributed by atoms with Gasteiger partial charge in [-0.1, -0.05) is 6.07 Å². The summed E-state index contributed by atoms with van der Waals surface area (Å²) in [5.41, 5.74) is 0.970. The number of methoxy groups -OCH3 is 1. The monoisotopic (exact) mass is 248 g/mol. The van der Waals surface area contributed by atoms with Crippen LogP contribution in [0.1, 0.15) is 21.6 Å². The van der Waals surface area contributed by atoms with Gasteiger partial charge in [0, 0.05) is 18.2 Å². The third-order valence-electron chi connectivity index (χ3n) is 2.56. The first kappa shape index (κ1) is 12.0. The minimum absolute atomic E-state index is 0.231. The number of carbonyl (C=O) groups excluding carboxylic acids is 1. The lowest BCUT2D eigenvalue weighted by molar-refractivity contribution is 0.0594. The van der Waals surface area contributed by atoms with Crippen LogP contribution in [0.15, 0.2) is 24.7 Å². The molecule has 0 fully saturated rings. The highest BCUT2D eigenvalue weighted by Gasteiger charge is 2.20. The van der Waals surface area contributed by atoms with E-state index in [4.69, 9.17) is 0 Å². The molecule has 2 rings (SSSR count). The van der Waals surface area contributed by atoms with Crippen LogP contribution >= 0.6 is 0 Å². The van der Waals surface area contributed by atoms with Gasteiger partial charge in [-0.3, -0.25) is 0 Å². The Labute approximate surface area is 103 Å². The topological polar surface area (TPSA) is 95.4 Å². The van der Waals surface area contributed by atoms with Crippen LogP contribution in [-0.2, 0) is 11.2 Å². The number of hydrogen-bond acceptors (Lipinski definition) is 5. The minimum atomic E-state index is -0.783. The molecule has 3 N–H and O–H groups in total. The van der Waals surface area contributed by atoms with Crippen molar-refractivity contribution in [2.75, 3.05) is 7.11 Å². The van der Waals surface area contributed by atoms with Gasteiger partial charge in [-0.25, -0.2) is 9.78 Å². The predicted molar refractivity (Wildman–Crippen MR) is 62.5 cm³/mol. The summed E-state index contributed by atoms with van der Waals surface area (Å²) in [6.45, 7) is 0. The number of carbonyl (C=O) groups is 1. The van der Waals surface area contributed by atoms with E-state index in [1.807, 2.05) is 0 Å². The molecule has 0 bridgehead atoms. The zero-order valence-electron chi connectivity index (χ0n) is 9.67. The number of rotatable bonds is 3. The number of ether oxygens (including phenoxy) is 1. The zero-order chi connectivity index (χ0) is 13.1. The summed E-state index contributed by atoms with van der Waals surface area (Å²) in [6, 6.07) is 2.87. The molecule has 6 nitrogen and oxygen atoms in total. The normalized spacial score (nSPS) is 10.3. The largest absolute Gasteiger partial charge is 0.507 e. The van der Waals surface area contributed by atoms with Crippen LogP contribution in [0.25, 0.3) is 0 Å². The number of benzene rings is 1. The molecule has 2 aromatic rings. The molecule has 1 aromatic heterocycles. The van der Waals surface area contributed by atoms with E-state index < -0.39 is 5.97 Å². The zero-order valence-corrected chi connectivity index (χ0v) is 9.67. The van der Waals surface area contributed by atoms with Gasteiger partial charge in [0.15, 0.2) is 0 Å². The summed E-state index contributed by atoms with van der Waals surface area (Å²) in [7, 11) is 1.18. The highest BCUT2D eigenvalue weighted by Crippen LogP contribution is 2.32. The highest BCUT2D eigenvalue weighted by atomic mass is 16.5. The Morgan fingerprint density at radius 3 is 2.83 bits per heavy atom. The number of hydrogen-bond donors (Lipinski definition) is 3.